The van der Waals surface area contributed by atoms with Crippen molar-refractivity contribution in [2.24, 2.45) is 0 Å². The molecule has 0 radical (unpaired) electrons. The maximum absolute atomic E-state index is 11.5. The number of rotatable bonds is 3. The molecule has 0 saturated heterocycles. The molecular formula is C12H14N2O3. The van der Waals surface area contributed by atoms with Crippen molar-refractivity contribution in [2.45, 2.75) is 13.5 Å². The van der Waals surface area contributed by atoms with Crippen LogP contribution in [0.5, 0.6) is 5.75 Å². The summed E-state index contributed by atoms with van der Waals surface area (Å²) in [6, 6.07) is 3.40. The molecule has 2 aromatic rings. The van der Waals surface area contributed by atoms with Crippen molar-refractivity contribution >= 4 is 17.0 Å². The molecule has 0 amide bonds. The Morgan fingerprint density at radius 3 is 2.76 bits per heavy atom. The van der Waals surface area contributed by atoms with E-state index in [9.17, 15) is 4.79 Å². The number of aryl methyl sites for hydroxylation is 1. The third-order valence-electron chi connectivity index (χ3n) is 2.67. The Bertz CT molecular complexity index is 560. The number of carbonyl (C=O) groups is 1. The van der Waals surface area contributed by atoms with Gasteiger partial charge < -0.3 is 14.0 Å². The normalized spacial score (nSPS) is 10.5. The van der Waals surface area contributed by atoms with Gasteiger partial charge in [-0.25, -0.2) is 9.78 Å². The summed E-state index contributed by atoms with van der Waals surface area (Å²) in [5, 5.41) is 0. The molecule has 17 heavy (non-hydrogen) atoms. The molecule has 0 bridgehead atoms. The van der Waals surface area contributed by atoms with E-state index in [-0.39, 0.29) is 5.97 Å². The first kappa shape index (κ1) is 11.4. The number of carbonyl (C=O) groups excluding carboxylic acids is 1. The van der Waals surface area contributed by atoms with Crippen LogP contribution < -0.4 is 4.74 Å². The van der Waals surface area contributed by atoms with E-state index in [1.54, 1.807) is 25.6 Å². The predicted molar refractivity (Wildman–Crippen MR) is 63.3 cm³/mol. The average molecular weight is 234 g/mol. The van der Waals surface area contributed by atoms with Crippen molar-refractivity contribution in [3.05, 3.63) is 24.0 Å². The van der Waals surface area contributed by atoms with Crippen LogP contribution in [0.15, 0.2) is 18.5 Å². The van der Waals surface area contributed by atoms with Gasteiger partial charge in [-0.1, -0.05) is 0 Å². The maximum Gasteiger partial charge on any atom is 0.338 e. The second-order valence-electron chi connectivity index (χ2n) is 3.57. The highest BCUT2D eigenvalue weighted by atomic mass is 16.5. The average Bonchev–Trinajstić information content (AvgIpc) is 2.79. The summed E-state index contributed by atoms with van der Waals surface area (Å²) in [7, 11) is 2.91. The number of nitrogens with zero attached hydrogens (tertiary/aromatic N) is 2. The molecule has 1 heterocycles. The van der Waals surface area contributed by atoms with E-state index in [0.29, 0.717) is 11.3 Å². The summed E-state index contributed by atoms with van der Waals surface area (Å²) in [6.45, 7) is 2.79. The first-order chi connectivity index (χ1) is 8.21. The lowest BCUT2D eigenvalue weighted by molar-refractivity contribution is 0.0600. The molecule has 0 aliphatic rings. The van der Waals surface area contributed by atoms with Crippen molar-refractivity contribution in [2.75, 3.05) is 14.2 Å². The van der Waals surface area contributed by atoms with Gasteiger partial charge in [-0.15, -0.1) is 0 Å². The number of imidazole rings is 1. The van der Waals surface area contributed by atoms with Gasteiger partial charge in [-0.3, -0.25) is 0 Å². The highest BCUT2D eigenvalue weighted by Gasteiger charge is 2.14. The fraction of sp³-hybridized carbons (Fsp3) is 0.333. The quantitative estimate of drug-likeness (QED) is 0.760. The van der Waals surface area contributed by atoms with Crippen LogP contribution in [0.1, 0.15) is 17.3 Å². The second kappa shape index (κ2) is 4.45. The van der Waals surface area contributed by atoms with Gasteiger partial charge >= 0.3 is 5.97 Å². The van der Waals surface area contributed by atoms with Crippen LogP contribution in [0.2, 0.25) is 0 Å². The Morgan fingerprint density at radius 2 is 2.18 bits per heavy atom. The monoisotopic (exact) mass is 234 g/mol. The van der Waals surface area contributed by atoms with Crippen LogP contribution in [0.25, 0.3) is 11.0 Å². The number of fused-ring (bicyclic) bond motifs is 1. The van der Waals surface area contributed by atoms with Crippen molar-refractivity contribution in [3.63, 3.8) is 0 Å². The molecule has 0 unspecified atom stereocenters. The highest BCUT2D eigenvalue weighted by molar-refractivity contribution is 5.96. The zero-order valence-electron chi connectivity index (χ0n) is 10.1. The fourth-order valence-electron chi connectivity index (χ4n) is 1.77. The Hall–Kier alpha value is -2.04. The molecule has 0 aliphatic heterocycles. The molecule has 90 valence electrons. The van der Waals surface area contributed by atoms with E-state index in [2.05, 4.69) is 4.98 Å². The van der Waals surface area contributed by atoms with Crippen LogP contribution in [0, 0.1) is 0 Å². The molecule has 0 spiro atoms. The minimum Gasteiger partial charge on any atom is -0.494 e. The van der Waals surface area contributed by atoms with Crippen LogP contribution >= 0.6 is 0 Å². The van der Waals surface area contributed by atoms with Gasteiger partial charge in [0.2, 0.25) is 0 Å². The van der Waals surface area contributed by atoms with E-state index in [1.807, 2.05) is 11.5 Å². The Kier molecular flexibility index (Phi) is 2.99. The number of aromatic nitrogens is 2. The molecule has 1 aromatic heterocycles. The lowest BCUT2D eigenvalue weighted by Gasteiger charge is -2.06. The minimum absolute atomic E-state index is 0.381. The lowest BCUT2D eigenvalue weighted by Crippen LogP contribution is -2.02. The third-order valence-corrected chi connectivity index (χ3v) is 2.67. The van der Waals surface area contributed by atoms with Crippen LogP contribution in [0.4, 0.5) is 0 Å². The summed E-state index contributed by atoms with van der Waals surface area (Å²) in [4.78, 5) is 15.8. The minimum atomic E-state index is -0.381. The zero-order chi connectivity index (χ0) is 12.4. The van der Waals surface area contributed by atoms with E-state index in [1.165, 1.54) is 7.11 Å². The molecule has 5 heteroatoms. The number of esters is 1. The zero-order valence-corrected chi connectivity index (χ0v) is 10.1. The first-order valence-corrected chi connectivity index (χ1v) is 5.32. The number of benzene rings is 1. The number of hydrogen-bond donors (Lipinski definition) is 0. The van der Waals surface area contributed by atoms with Gasteiger partial charge in [0, 0.05) is 6.54 Å². The Balaban J connectivity index is 2.69. The molecule has 0 saturated carbocycles. The van der Waals surface area contributed by atoms with E-state index >= 15 is 0 Å². The maximum atomic E-state index is 11.5. The smallest absolute Gasteiger partial charge is 0.338 e. The fourth-order valence-corrected chi connectivity index (χ4v) is 1.77. The summed E-state index contributed by atoms with van der Waals surface area (Å²) < 4.78 is 11.9. The van der Waals surface area contributed by atoms with Gasteiger partial charge in [0.25, 0.3) is 0 Å². The van der Waals surface area contributed by atoms with Crippen LogP contribution in [0.3, 0.4) is 0 Å². The van der Waals surface area contributed by atoms with Gasteiger partial charge in [-0.2, -0.15) is 0 Å². The van der Waals surface area contributed by atoms with Gasteiger partial charge in [-0.05, 0) is 19.1 Å². The predicted octanol–water partition coefficient (Wildman–Crippen LogP) is 1.85. The second-order valence-corrected chi connectivity index (χ2v) is 3.57. The SMILES string of the molecule is CCn1cnc2c(OC)cc(C(=O)OC)cc21. The Morgan fingerprint density at radius 1 is 1.41 bits per heavy atom. The molecule has 2 rings (SSSR count). The molecule has 0 atom stereocenters. The molecule has 0 N–H and O–H groups in total. The highest BCUT2D eigenvalue weighted by Crippen LogP contribution is 2.26. The van der Waals surface area contributed by atoms with Crippen molar-refractivity contribution in [3.8, 4) is 5.75 Å². The first-order valence-electron chi connectivity index (χ1n) is 5.32. The molecule has 0 fully saturated rings. The van der Waals surface area contributed by atoms with Gasteiger partial charge in [0.1, 0.15) is 11.3 Å². The number of methoxy groups -OCH3 is 2. The Labute approximate surface area is 99.0 Å². The number of hydrogen-bond acceptors (Lipinski definition) is 4. The van der Waals surface area contributed by atoms with E-state index in [0.717, 1.165) is 17.6 Å². The molecule has 0 aliphatic carbocycles. The summed E-state index contributed by atoms with van der Waals surface area (Å²) in [5.74, 6) is 0.198. The van der Waals surface area contributed by atoms with Gasteiger partial charge in [0.15, 0.2) is 0 Å². The van der Waals surface area contributed by atoms with E-state index < -0.39 is 0 Å². The topological polar surface area (TPSA) is 53.4 Å². The lowest BCUT2D eigenvalue weighted by atomic mass is 10.2. The van der Waals surface area contributed by atoms with Gasteiger partial charge in [0.05, 0.1) is 31.6 Å². The number of ether oxygens (including phenoxy) is 2. The summed E-state index contributed by atoms with van der Waals surface area (Å²) >= 11 is 0. The molecule has 1 aromatic carbocycles. The molecule has 5 nitrogen and oxygen atoms in total. The third kappa shape index (κ3) is 1.84. The summed E-state index contributed by atoms with van der Waals surface area (Å²) in [6.07, 6.45) is 1.73. The van der Waals surface area contributed by atoms with Crippen LogP contribution in [-0.2, 0) is 11.3 Å². The molecular weight excluding hydrogens is 220 g/mol. The van der Waals surface area contributed by atoms with Crippen LogP contribution in [-0.4, -0.2) is 29.7 Å². The summed E-state index contributed by atoms with van der Waals surface area (Å²) in [5.41, 5.74) is 2.08. The van der Waals surface area contributed by atoms with Crippen molar-refractivity contribution in [1.29, 1.82) is 0 Å². The standard InChI is InChI=1S/C12H14N2O3/c1-4-14-7-13-11-9(14)5-8(12(15)17-3)6-10(11)16-2/h5-7H,4H2,1-3H3. The van der Waals surface area contributed by atoms with Crippen molar-refractivity contribution in [1.82, 2.24) is 9.55 Å². The van der Waals surface area contributed by atoms with Crippen molar-refractivity contribution < 1.29 is 14.3 Å². The van der Waals surface area contributed by atoms with E-state index in [4.69, 9.17) is 9.47 Å². The largest absolute Gasteiger partial charge is 0.494 e.